The van der Waals surface area contributed by atoms with E-state index in [1.807, 2.05) is 0 Å². The topological polar surface area (TPSA) is 38.5 Å². The highest BCUT2D eigenvalue weighted by Gasteiger charge is 2.16. The second kappa shape index (κ2) is 6.27. The van der Waals surface area contributed by atoms with E-state index in [0.717, 1.165) is 43.8 Å². The Morgan fingerprint density at radius 2 is 2.28 bits per heavy atom. The molecule has 1 aliphatic heterocycles. The van der Waals surface area contributed by atoms with Crippen molar-refractivity contribution in [3.63, 3.8) is 0 Å². The molecule has 0 saturated carbocycles. The van der Waals surface area contributed by atoms with E-state index in [-0.39, 0.29) is 11.9 Å². The first kappa shape index (κ1) is 13.5. The van der Waals surface area contributed by atoms with Gasteiger partial charge in [-0.05, 0) is 36.6 Å². The molecule has 2 rings (SSSR count). The van der Waals surface area contributed by atoms with Crippen molar-refractivity contribution in [1.82, 2.24) is 4.90 Å². The number of nitrogens with zero attached hydrogens (tertiary/aromatic N) is 1. The van der Waals surface area contributed by atoms with Crippen LogP contribution in [0.25, 0.3) is 0 Å². The summed E-state index contributed by atoms with van der Waals surface area (Å²) in [7, 11) is 0. The van der Waals surface area contributed by atoms with Crippen molar-refractivity contribution < 1.29 is 9.13 Å². The maximum Gasteiger partial charge on any atom is 0.123 e. The van der Waals surface area contributed by atoms with Crippen molar-refractivity contribution in [2.24, 2.45) is 5.73 Å². The zero-order valence-corrected chi connectivity index (χ0v) is 10.9. The Kier molecular flexibility index (Phi) is 4.69. The predicted molar refractivity (Wildman–Crippen MR) is 69.6 cm³/mol. The van der Waals surface area contributed by atoms with Gasteiger partial charge in [0, 0.05) is 32.8 Å². The Labute approximate surface area is 108 Å². The molecule has 2 N–H and O–H groups in total. The van der Waals surface area contributed by atoms with E-state index in [1.165, 1.54) is 6.07 Å². The van der Waals surface area contributed by atoms with Crippen molar-refractivity contribution in [2.75, 3.05) is 19.7 Å². The van der Waals surface area contributed by atoms with Crippen LogP contribution in [0.3, 0.4) is 0 Å². The highest BCUT2D eigenvalue weighted by Crippen LogP contribution is 2.16. The Morgan fingerprint density at radius 1 is 1.44 bits per heavy atom. The van der Waals surface area contributed by atoms with Crippen LogP contribution in [0, 0.1) is 5.82 Å². The van der Waals surface area contributed by atoms with Gasteiger partial charge in [0.2, 0.25) is 0 Å². The second-order valence-corrected chi connectivity index (χ2v) is 4.89. The molecule has 1 aromatic carbocycles. The monoisotopic (exact) mass is 252 g/mol. The van der Waals surface area contributed by atoms with E-state index >= 15 is 0 Å². The first-order valence-electron chi connectivity index (χ1n) is 6.50. The van der Waals surface area contributed by atoms with Gasteiger partial charge >= 0.3 is 0 Å². The molecule has 18 heavy (non-hydrogen) atoms. The number of hydrogen-bond acceptors (Lipinski definition) is 3. The molecule has 0 aromatic heterocycles. The summed E-state index contributed by atoms with van der Waals surface area (Å²) in [5.74, 6) is -0.193. The van der Waals surface area contributed by atoms with Crippen LogP contribution in [0.2, 0.25) is 0 Å². The number of halogens is 1. The zero-order valence-electron chi connectivity index (χ0n) is 10.9. The molecule has 0 bridgehead atoms. The van der Waals surface area contributed by atoms with Crippen molar-refractivity contribution in [3.05, 3.63) is 35.1 Å². The lowest BCUT2D eigenvalue weighted by atomic mass is 10.1. The fourth-order valence-electron chi connectivity index (χ4n) is 2.41. The highest BCUT2D eigenvalue weighted by atomic mass is 19.1. The van der Waals surface area contributed by atoms with Crippen LogP contribution >= 0.6 is 0 Å². The molecule has 0 spiro atoms. The number of nitrogens with two attached hydrogens (primary N) is 1. The normalized spacial score (nSPS) is 21.8. The van der Waals surface area contributed by atoms with Gasteiger partial charge in [0.05, 0.1) is 6.10 Å². The molecule has 1 aromatic rings. The Balaban J connectivity index is 2.09. The van der Waals surface area contributed by atoms with Crippen LogP contribution in [-0.4, -0.2) is 30.7 Å². The van der Waals surface area contributed by atoms with Gasteiger partial charge in [-0.1, -0.05) is 6.07 Å². The lowest BCUT2D eigenvalue weighted by Gasteiger charge is -2.23. The van der Waals surface area contributed by atoms with Gasteiger partial charge in [-0.15, -0.1) is 0 Å². The number of hydrogen-bond donors (Lipinski definition) is 1. The van der Waals surface area contributed by atoms with Gasteiger partial charge in [0.15, 0.2) is 0 Å². The van der Waals surface area contributed by atoms with Crippen molar-refractivity contribution in [2.45, 2.75) is 32.5 Å². The fourth-order valence-corrected chi connectivity index (χ4v) is 2.41. The standard InChI is InChI=1S/C14H21FN2O/c1-11-9-17(5-2-6-18-11)10-13-7-14(15)4-3-12(13)8-16/h3-4,7,11H,2,5-6,8-10,16H2,1H3. The molecule has 1 heterocycles. The molecule has 3 nitrogen and oxygen atoms in total. The summed E-state index contributed by atoms with van der Waals surface area (Å²) in [4.78, 5) is 2.31. The molecule has 4 heteroatoms. The van der Waals surface area contributed by atoms with E-state index in [2.05, 4.69) is 11.8 Å². The molecule has 0 aliphatic carbocycles. The Hall–Kier alpha value is -0.970. The zero-order chi connectivity index (χ0) is 13.0. The molecule has 0 radical (unpaired) electrons. The van der Waals surface area contributed by atoms with E-state index in [1.54, 1.807) is 12.1 Å². The summed E-state index contributed by atoms with van der Waals surface area (Å²) in [6, 6.07) is 4.85. The van der Waals surface area contributed by atoms with Crippen LogP contribution in [-0.2, 0) is 17.8 Å². The Morgan fingerprint density at radius 3 is 3.06 bits per heavy atom. The van der Waals surface area contributed by atoms with Crippen LogP contribution in [0.15, 0.2) is 18.2 Å². The molecule has 100 valence electrons. The third-order valence-corrected chi connectivity index (χ3v) is 3.32. The maximum atomic E-state index is 13.3. The molecule has 1 fully saturated rings. The smallest absolute Gasteiger partial charge is 0.123 e. The third kappa shape index (κ3) is 3.51. The van der Waals surface area contributed by atoms with Crippen LogP contribution < -0.4 is 5.73 Å². The first-order chi connectivity index (χ1) is 8.69. The molecular weight excluding hydrogens is 231 g/mol. The van der Waals surface area contributed by atoms with Gasteiger partial charge in [-0.2, -0.15) is 0 Å². The quantitative estimate of drug-likeness (QED) is 0.893. The minimum atomic E-state index is -0.193. The van der Waals surface area contributed by atoms with Gasteiger partial charge in [-0.3, -0.25) is 4.90 Å². The van der Waals surface area contributed by atoms with E-state index < -0.39 is 0 Å². The summed E-state index contributed by atoms with van der Waals surface area (Å²) in [6.45, 7) is 5.97. The largest absolute Gasteiger partial charge is 0.377 e. The Bertz CT molecular complexity index is 397. The molecule has 1 atom stereocenters. The minimum absolute atomic E-state index is 0.193. The summed E-state index contributed by atoms with van der Waals surface area (Å²) >= 11 is 0. The number of rotatable bonds is 3. The summed E-state index contributed by atoms with van der Waals surface area (Å²) in [6.07, 6.45) is 1.26. The average Bonchev–Trinajstić information content (AvgIpc) is 2.54. The predicted octanol–water partition coefficient (Wildman–Crippen LogP) is 1.90. The summed E-state index contributed by atoms with van der Waals surface area (Å²) in [5, 5.41) is 0. The van der Waals surface area contributed by atoms with Crippen LogP contribution in [0.1, 0.15) is 24.5 Å². The molecule has 0 amide bonds. The number of benzene rings is 1. The van der Waals surface area contributed by atoms with Crippen molar-refractivity contribution >= 4 is 0 Å². The van der Waals surface area contributed by atoms with Crippen molar-refractivity contribution in [1.29, 1.82) is 0 Å². The lowest BCUT2D eigenvalue weighted by molar-refractivity contribution is 0.0667. The van der Waals surface area contributed by atoms with E-state index in [0.29, 0.717) is 6.54 Å². The fraction of sp³-hybridized carbons (Fsp3) is 0.571. The van der Waals surface area contributed by atoms with Crippen LogP contribution in [0.4, 0.5) is 4.39 Å². The van der Waals surface area contributed by atoms with Gasteiger partial charge in [0.1, 0.15) is 5.82 Å². The van der Waals surface area contributed by atoms with Gasteiger partial charge in [-0.25, -0.2) is 4.39 Å². The molecule has 1 saturated heterocycles. The maximum absolute atomic E-state index is 13.3. The molecular formula is C14H21FN2O. The van der Waals surface area contributed by atoms with Crippen LogP contribution in [0.5, 0.6) is 0 Å². The first-order valence-corrected chi connectivity index (χ1v) is 6.50. The summed E-state index contributed by atoms with van der Waals surface area (Å²) in [5.41, 5.74) is 7.71. The lowest BCUT2D eigenvalue weighted by Crippen LogP contribution is -2.30. The average molecular weight is 252 g/mol. The molecule has 1 aliphatic rings. The number of ether oxygens (including phenoxy) is 1. The third-order valence-electron chi connectivity index (χ3n) is 3.32. The van der Waals surface area contributed by atoms with E-state index in [9.17, 15) is 4.39 Å². The van der Waals surface area contributed by atoms with E-state index in [4.69, 9.17) is 10.5 Å². The van der Waals surface area contributed by atoms with Gasteiger partial charge < -0.3 is 10.5 Å². The SMILES string of the molecule is CC1CN(Cc2cc(F)ccc2CN)CCCO1. The summed E-state index contributed by atoms with van der Waals surface area (Å²) < 4.78 is 18.9. The molecule has 1 unspecified atom stereocenters. The highest BCUT2D eigenvalue weighted by molar-refractivity contribution is 5.27. The van der Waals surface area contributed by atoms with Gasteiger partial charge in [0.25, 0.3) is 0 Å². The minimum Gasteiger partial charge on any atom is -0.377 e. The van der Waals surface area contributed by atoms with Crippen molar-refractivity contribution in [3.8, 4) is 0 Å². The second-order valence-electron chi connectivity index (χ2n) is 4.89.